The Labute approximate surface area is 134 Å². The predicted octanol–water partition coefficient (Wildman–Crippen LogP) is 3.56. The monoisotopic (exact) mass is 315 g/mol. The highest BCUT2D eigenvalue weighted by molar-refractivity contribution is 6.83. The summed E-state index contributed by atoms with van der Waals surface area (Å²) in [5, 5.41) is 0. The van der Waals surface area contributed by atoms with Crippen LogP contribution in [0.15, 0.2) is 24.3 Å². The number of hydrogen-bond donors (Lipinski definition) is 0. The highest BCUT2D eigenvalue weighted by atomic mass is 28.3. The Morgan fingerprint density at radius 3 is 2.23 bits per heavy atom. The number of nitrogens with zero attached hydrogens (tertiary/aromatic N) is 1. The van der Waals surface area contributed by atoms with Crippen LogP contribution in [0.2, 0.25) is 19.6 Å². The quantitative estimate of drug-likeness (QED) is 0.485. The van der Waals surface area contributed by atoms with E-state index in [9.17, 15) is 4.79 Å². The van der Waals surface area contributed by atoms with Gasteiger partial charge in [0.15, 0.2) is 0 Å². The Balaban J connectivity index is 2.31. The van der Waals surface area contributed by atoms with Gasteiger partial charge in [0.2, 0.25) is 5.91 Å². The van der Waals surface area contributed by atoms with Gasteiger partial charge < -0.3 is 4.74 Å². The van der Waals surface area contributed by atoms with Crippen LogP contribution in [0.25, 0.3) is 0 Å². The Hall–Kier alpha value is -1.73. The van der Waals surface area contributed by atoms with Crippen molar-refractivity contribution in [1.29, 1.82) is 0 Å². The number of hydrogen-bond acceptors (Lipinski definition) is 2. The van der Waals surface area contributed by atoms with Crippen LogP contribution >= 0.6 is 0 Å². The van der Waals surface area contributed by atoms with Gasteiger partial charge in [0.25, 0.3) is 0 Å². The molecule has 0 spiro atoms. The van der Waals surface area contributed by atoms with Gasteiger partial charge in [0.05, 0.1) is 13.0 Å². The van der Waals surface area contributed by atoms with Gasteiger partial charge in [-0.1, -0.05) is 39.4 Å². The molecule has 118 valence electrons. The highest BCUT2D eigenvalue weighted by Crippen LogP contribution is 2.37. The molecule has 0 radical (unpaired) electrons. The summed E-state index contributed by atoms with van der Waals surface area (Å²) in [6.45, 7) is 10.9. The van der Waals surface area contributed by atoms with E-state index >= 15 is 0 Å². The second-order valence-corrected chi connectivity index (χ2v) is 11.9. The minimum atomic E-state index is -1.45. The summed E-state index contributed by atoms with van der Waals surface area (Å²) in [4.78, 5) is 14.4. The number of carbonyl (C=O) groups is 1. The Bertz CT molecular complexity index is 605. The predicted molar refractivity (Wildman–Crippen MR) is 93.7 cm³/mol. The molecule has 2 atom stereocenters. The number of carbonyl (C=O) groups excluding carboxylic acids is 1. The maximum atomic E-state index is 12.5. The van der Waals surface area contributed by atoms with Crippen molar-refractivity contribution in [1.82, 2.24) is 0 Å². The SMILES string of the molecule is COc1ccc(N2C(=O)[C@@H](C(C)C)[C@H]2C#C[Si](C)(C)C)cc1. The van der Waals surface area contributed by atoms with Crippen molar-refractivity contribution in [2.24, 2.45) is 11.8 Å². The largest absolute Gasteiger partial charge is 0.497 e. The first-order chi connectivity index (χ1) is 10.2. The van der Waals surface area contributed by atoms with Crippen molar-refractivity contribution >= 4 is 19.7 Å². The van der Waals surface area contributed by atoms with Crippen LogP contribution in [-0.2, 0) is 4.79 Å². The molecule has 0 N–H and O–H groups in total. The molecule has 1 aliphatic heterocycles. The third-order valence-corrected chi connectivity index (χ3v) is 4.70. The first-order valence-corrected chi connectivity index (χ1v) is 11.2. The molecule has 1 amide bonds. The molecule has 1 aliphatic rings. The topological polar surface area (TPSA) is 29.5 Å². The van der Waals surface area contributed by atoms with Crippen LogP contribution in [0.5, 0.6) is 5.75 Å². The molecule has 0 saturated carbocycles. The molecule has 0 aromatic heterocycles. The number of methoxy groups -OCH3 is 1. The summed E-state index contributed by atoms with van der Waals surface area (Å²) in [6.07, 6.45) is 0. The van der Waals surface area contributed by atoms with Gasteiger partial charge in [0.1, 0.15) is 19.9 Å². The van der Waals surface area contributed by atoms with Gasteiger partial charge >= 0.3 is 0 Å². The van der Waals surface area contributed by atoms with Crippen LogP contribution in [0.3, 0.4) is 0 Å². The van der Waals surface area contributed by atoms with Crippen LogP contribution in [0.4, 0.5) is 5.69 Å². The van der Waals surface area contributed by atoms with Crippen LogP contribution in [0, 0.1) is 23.3 Å². The average molecular weight is 315 g/mol. The minimum Gasteiger partial charge on any atom is -0.497 e. The molecule has 3 nitrogen and oxygen atoms in total. The molecule has 4 heteroatoms. The van der Waals surface area contributed by atoms with E-state index in [4.69, 9.17) is 4.74 Å². The molecular formula is C18H25NO2Si. The fraction of sp³-hybridized carbons (Fsp3) is 0.500. The van der Waals surface area contributed by atoms with E-state index in [0.717, 1.165) is 11.4 Å². The van der Waals surface area contributed by atoms with E-state index in [2.05, 4.69) is 45.0 Å². The van der Waals surface area contributed by atoms with Crippen molar-refractivity contribution in [2.45, 2.75) is 39.5 Å². The van der Waals surface area contributed by atoms with E-state index in [1.807, 2.05) is 29.2 Å². The third kappa shape index (κ3) is 3.36. The second-order valence-electron chi connectivity index (χ2n) is 7.14. The molecule has 22 heavy (non-hydrogen) atoms. The van der Waals surface area contributed by atoms with Crippen molar-refractivity contribution < 1.29 is 9.53 Å². The zero-order chi connectivity index (χ0) is 16.5. The van der Waals surface area contributed by atoms with Gasteiger partial charge in [-0.25, -0.2) is 0 Å². The third-order valence-electron chi connectivity index (χ3n) is 3.80. The summed E-state index contributed by atoms with van der Waals surface area (Å²) >= 11 is 0. The Kier molecular flexibility index (Phi) is 4.67. The van der Waals surface area contributed by atoms with Crippen molar-refractivity contribution in [3.05, 3.63) is 24.3 Å². The van der Waals surface area contributed by atoms with E-state index in [1.54, 1.807) is 7.11 Å². The standard InChI is InChI=1S/C18H25NO2Si/c1-13(2)17-16(11-12-22(4,5)6)19(18(17)20)14-7-9-15(21-3)10-8-14/h7-10,13,16-17H,1-6H3/t16-,17+/m1/s1. The molecule has 1 fully saturated rings. The molecule has 1 heterocycles. The van der Waals surface area contributed by atoms with Gasteiger partial charge in [-0.2, -0.15) is 0 Å². The molecule has 1 aromatic rings. The van der Waals surface area contributed by atoms with Crippen LogP contribution in [-0.4, -0.2) is 27.1 Å². The fourth-order valence-corrected chi connectivity index (χ4v) is 3.22. The Morgan fingerprint density at radius 1 is 1.18 bits per heavy atom. The van der Waals surface area contributed by atoms with Crippen molar-refractivity contribution in [3.63, 3.8) is 0 Å². The lowest BCUT2D eigenvalue weighted by Crippen LogP contribution is -2.62. The lowest BCUT2D eigenvalue weighted by Gasteiger charge is -2.46. The summed E-state index contributed by atoms with van der Waals surface area (Å²) < 4.78 is 5.18. The second kappa shape index (κ2) is 6.17. The molecule has 1 saturated heterocycles. The van der Waals surface area contributed by atoms with Gasteiger partial charge in [0, 0.05) is 5.69 Å². The number of rotatable bonds is 3. The normalized spacial score (nSPS) is 21.2. The fourth-order valence-electron chi connectivity index (χ4n) is 2.64. The van der Waals surface area contributed by atoms with Crippen molar-refractivity contribution in [2.75, 3.05) is 12.0 Å². The average Bonchev–Trinajstić information content (AvgIpc) is 2.42. The van der Waals surface area contributed by atoms with E-state index in [0.29, 0.717) is 5.92 Å². The maximum absolute atomic E-state index is 12.5. The summed E-state index contributed by atoms with van der Waals surface area (Å²) in [5.41, 5.74) is 4.32. The number of ether oxygens (including phenoxy) is 1. The molecule has 0 bridgehead atoms. The summed E-state index contributed by atoms with van der Waals surface area (Å²) in [6, 6.07) is 7.61. The molecule has 0 aliphatic carbocycles. The first-order valence-electron chi connectivity index (χ1n) is 7.74. The first kappa shape index (κ1) is 16.6. The van der Waals surface area contributed by atoms with E-state index in [-0.39, 0.29) is 17.9 Å². The minimum absolute atomic E-state index is 0.00551. The highest BCUT2D eigenvalue weighted by Gasteiger charge is 2.48. The van der Waals surface area contributed by atoms with E-state index < -0.39 is 8.07 Å². The van der Waals surface area contributed by atoms with Crippen LogP contribution < -0.4 is 9.64 Å². The smallest absolute Gasteiger partial charge is 0.234 e. The molecule has 2 rings (SSSR count). The molecule has 1 aromatic carbocycles. The maximum Gasteiger partial charge on any atom is 0.234 e. The van der Waals surface area contributed by atoms with Gasteiger partial charge in [-0.15, -0.1) is 5.54 Å². The number of β-lactam (4-membered cyclic amide) rings is 1. The zero-order valence-electron chi connectivity index (χ0n) is 14.3. The lowest BCUT2D eigenvalue weighted by molar-refractivity contribution is -0.130. The number of anilines is 1. The van der Waals surface area contributed by atoms with Crippen LogP contribution in [0.1, 0.15) is 13.8 Å². The van der Waals surface area contributed by atoms with Gasteiger partial charge in [-0.3, -0.25) is 9.69 Å². The Morgan fingerprint density at radius 2 is 1.77 bits per heavy atom. The molecular weight excluding hydrogens is 290 g/mol. The summed E-state index contributed by atoms with van der Waals surface area (Å²) in [7, 11) is 0.187. The lowest BCUT2D eigenvalue weighted by atomic mass is 9.79. The number of amides is 1. The van der Waals surface area contributed by atoms with Gasteiger partial charge in [-0.05, 0) is 30.2 Å². The number of benzene rings is 1. The zero-order valence-corrected chi connectivity index (χ0v) is 15.3. The molecule has 0 unspecified atom stereocenters. The van der Waals surface area contributed by atoms with E-state index in [1.165, 1.54) is 0 Å². The summed E-state index contributed by atoms with van der Waals surface area (Å²) in [5.74, 6) is 4.67. The van der Waals surface area contributed by atoms with Crippen molar-refractivity contribution in [3.8, 4) is 17.2 Å².